The maximum atomic E-state index is 13.3. The molecule has 3 aliphatic heterocycles. The predicted molar refractivity (Wildman–Crippen MR) is 125 cm³/mol. The zero-order chi connectivity index (χ0) is 23.5. The molecular formula is C27H33FN2O4. The normalized spacial score (nSPS) is 27.9. The van der Waals surface area contributed by atoms with Gasteiger partial charge in [-0.1, -0.05) is 36.4 Å². The van der Waals surface area contributed by atoms with Gasteiger partial charge in [-0.3, -0.25) is 9.69 Å². The lowest BCUT2D eigenvalue weighted by atomic mass is 9.93. The van der Waals surface area contributed by atoms with E-state index in [1.807, 2.05) is 11.0 Å². The molecule has 0 radical (unpaired) electrons. The molecule has 3 heterocycles. The average molecular weight is 469 g/mol. The summed E-state index contributed by atoms with van der Waals surface area (Å²) in [6, 6.07) is 14.9. The van der Waals surface area contributed by atoms with Crippen LogP contribution in [0.5, 0.6) is 0 Å². The summed E-state index contributed by atoms with van der Waals surface area (Å²) in [6.45, 7) is 3.14. The van der Waals surface area contributed by atoms with E-state index in [0.717, 1.165) is 31.4 Å². The van der Waals surface area contributed by atoms with Crippen molar-refractivity contribution in [3.05, 3.63) is 71.0 Å². The highest BCUT2D eigenvalue weighted by Gasteiger charge is 2.38. The highest BCUT2D eigenvalue weighted by molar-refractivity contribution is 5.77. The molecule has 2 aromatic carbocycles. The van der Waals surface area contributed by atoms with Gasteiger partial charge in [0.1, 0.15) is 5.82 Å². The van der Waals surface area contributed by atoms with E-state index in [9.17, 15) is 14.3 Å². The number of β-amino-alcohol motifs (C(OH)–C–C–N with tert-alkyl or cyclic N) is 1. The number of ether oxygens (including phenoxy) is 2. The Balaban J connectivity index is 1.22. The number of benzene rings is 2. The van der Waals surface area contributed by atoms with Crippen molar-refractivity contribution in [3.8, 4) is 0 Å². The van der Waals surface area contributed by atoms with Crippen LogP contribution in [0.15, 0.2) is 48.5 Å². The number of fused-ring (bicyclic) bond motifs is 2. The maximum Gasteiger partial charge on any atom is 0.225 e. The largest absolute Gasteiger partial charge is 0.389 e. The zero-order valence-corrected chi connectivity index (χ0v) is 19.4. The fraction of sp³-hybridized carbons (Fsp3) is 0.519. The Kier molecular flexibility index (Phi) is 7.25. The van der Waals surface area contributed by atoms with Gasteiger partial charge in [0.05, 0.1) is 37.9 Å². The van der Waals surface area contributed by atoms with Gasteiger partial charge >= 0.3 is 0 Å². The number of hydrogen-bond donors (Lipinski definition) is 1. The number of rotatable bonds is 4. The number of aliphatic hydroxyl groups is 1. The van der Waals surface area contributed by atoms with Crippen molar-refractivity contribution < 1.29 is 23.8 Å². The molecule has 0 bridgehead atoms. The van der Waals surface area contributed by atoms with Crippen LogP contribution < -0.4 is 0 Å². The van der Waals surface area contributed by atoms with Crippen LogP contribution in [0.3, 0.4) is 0 Å². The molecule has 2 saturated heterocycles. The molecule has 3 aliphatic rings. The Morgan fingerprint density at radius 1 is 1.06 bits per heavy atom. The number of halogens is 1. The molecule has 5 rings (SSSR count). The van der Waals surface area contributed by atoms with Crippen molar-refractivity contribution in [3.63, 3.8) is 0 Å². The number of amides is 1. The van der Waals surface area contributed by atoms with Crippen LogP contribution in [-0.4, -0.2) is 71.5 Å². The Hall–Kier alpha value is -2.32. The summed E-state index contributed by atoms with van der Waals surface area (Å²) in [7, 11) is 0. The van der Waals surface area contributed by atoms with Crippen molar-refractivity contribution in [2.75, 3.05) is 26.3 Å². The molecule has 1 amide bonds. The number of carbonyl (C=O) groups is 1. The predicted octanol–water partition coefficient (Wildman–Crippen LogP) is 2.91. The van der Waals surface area contributed by atoms with Gasteiger partial charge in [0.15, 0.2) is 0 Å². The molecule has 6 nitrogen and oxygen atoms in total. The number of hydrogen-bond acceptors (Lipinski definition) is 5. The van der Waals surface area contributed by atoms with E-state index in [1.54, 1.807) is 12.1 Å². The highest BCUT2D eigenvalue weighted by Crippen LogP contribution is 2.30. The molecule has 2 aromatic rings. The average Bonchev–Trinajstić information content (AvgIpc) is 2.84. The summed E-state index contributed by atoms with van der Waals surface area (Å²) < 4.78 is 25.5. The second-order valence-electron chi connectivity index (χ2n) is 9.73. The highest BCUT2D eigenvalue weighted by atomic mass is 19.1. The summed E-state index contributed by atoms with van der Waals surface area (Å²) >= 11 is 0. The van der Waals surface area contributed by atoms with Gasteiger partial charge in [0.25, 0.3) is 0 Å². The molecule has 2 fully saturated rings. The van der Waals surface area contributed by atoms with Crippen LogP contribution in [0.2, 0.25) is 0 Å². The van der Waals surface area contributed by atoms with E-state index in [2.05, 4.69) is 23.1 Å². The van der Waals surface area contributed by atoms with E-state index >= 15 is 0 Å². The van der Waals surface area contributed by atoms with E-state index in [1.165, 1.54) is 23.3 Å². The monoisotopic (exact) mass is 468 g/mol. The molecule has 0 saturated carbocycles. The fourth-order valence-corrected chi connectivity index (χ4v) is 5.48. The summed E-state index contributed by atoms with van der Waals surface area (Å²) in [6.07, 6.45) is 2.05. The van der Waals surface area contributed by atoms with Gasteiger partial charge in [-0.2, -0.15) is 0 Å². The van der Waals surface area contributed by atoms with Crippen molar-refractivity contribution >= 4 is 5.91 Å². The molecule has 0 aliphatic carbocycles. The van der Waals surface area contributed by atoms with Gasteiger partial charge in [0.2, 0.25) is 5.91 Å². The van der Waals surface area contributed by atoms with Crippen LogP contribution in [0.25, 0.3) is 0 Å². The summed E-state index contributed by atoms with van der Waals surface area (Å²) in [5, 5.41) is 10.4. The maximum absolute atomic E-state index is 13.3. The Morgan fingerprint density at radius 2 is 1.85 bits per heavy atom. The van der Waals surface area contributed by atoms with Gasteiger partial charge in [-0.15, -0.1) is 0 Å². The third kappa shape index (κ3) is 5.49. The second-order valence-corrected chi connectivity index (χ2v) is 9.73. The van der Waals surface area contributed by atoms with E-state index < -0.39 is 6.10 Å². The molecular weight excluding hydrogens is 435 g/mol. The lowest BCUT2D eigenvalue weighted by Crippen LogP contribution is -2.55. The summed E-state index contributed by atoms with van der Waals surface area (Å²) in [5.41, 5.74) is 3.56. The van der Waals surface area contributed by atoms with Crippen molar-refractivity contribution in [2.24, 2.45) is 0 Å². The molecule has 4 atom stereocenters. The minimum absolute atomic E-state index is 0.0771. The molecule has 7 heteroatoms. The molecule has 34 heavy (non-hydrogen) atoms. The Bertz CT molecular complexity index is 985. The Morgan fingerprint density at radius 3 is 2.68 bits per heavy atom. The van der Waals surface area contributed by atoms with E-state index in [4.69, 9.17) is 9.47 Å². The zero-order valence-electron chi connectivity index (χ0n) is 19.4. The minimum Gasteiger partial charge on any atom is -0.389 e. The van der Waals surface area contributed by atoms with Gasteiger partial charge in [-0.05, 0) is 48.1 Å². The Labute approximate surface area is 200 Å². The standard InChI is InChI=1S/C27H33FN2O4/c28-22-7-5-19(6-8-22)14-30-16-23(31)17-33-18-26-25(30)10-9-24(34-26)13-27(32)29-12-11-20-3-1-2-4-21(20)15-29/h1-8,23-26,31H,9-18H2/t23-,24-,25-,26+/m0/s1. The minimum atomic E-state index is -0.581. The first kappa shape index (κ1) is 23.4. The number of nitrogens with zero attached hydrogens (tertiary/aromatic N) is 2. The first-order chi connectivity index (χ1) is 16.5. The van der Waals surface area contributed by atoms with Crippen LogP contribution in [0.4, 0.5) is 4.39 Å². The molecule has 0 unspecified atom stereocenters. The first-order valence-electron chi connectivity index (χ1n) is 12.3. The van der Waals surface area contributed by atoms with Crippen molar-refractivity contribution in [1.29, 1.82) is 0 Å². The summed E-state index contributed by atoms with van der Waals surface area (Å²) in [4.78, 5) is 17.3. The van der Waals surface area contributed by atoms with Crippen LogP contribution >= 0.6 is 0 Å². The SMILES string of the molecule is O=C(C[C@@H]1CC[C@H]2[C@@H](COC[C@@H](O)CN2Cc2ccc(F)cc2)O1)N1CCc2ccccc2C1. The van der Waals surface area contributed by atoms with Crippen molar-refractivity contribution in [2.45, 2.75) is 63.1 Å². The van der Waals surface area contributed by atoms with Gasteiger partial charge in [0, 0.05) is 32.2 Å². The lowest BCUT2D eigenvalue weighted by Gasteiger charge is -2.44. The smallest absolute Gasteiger partial charge is 0.225 e. The number of carbonyl (C=O) groups excluding carboxylic acids is 1. The van der Waals surface area contributed by atoms with Crippen molar-refractivity contribution in [1.82, 2.24) is 9.80 Å². The lowest BCUT2D eigenvalue weighted by molar-refractivity contribution is -0.161. The topological polar surface area (TPSA) is 62.2 Å². The molecule has 182 valence electrons. The van der Waals surface area contributed by atoms with Crippen LogP contribution in [0.1, 0.15) is 36.0 Å². The molecule has 0 spiro atoms. The molecule has 1 N–H and O–H groups in total. The van der Waals surface area contributed by atoms with Gasteiger partial charge < -0.3 is 19.5 Å². The third-order valence-corrected chi connectivity index (χ3v) is 7.27. The van der Waals surface area contributed by atoms with Crippen LogP contribution in [0, 0.1) is 5.82 Å². The fourth-order valence-electron chi connectivity index (χ4n) is 5.48. The first-order valence-corrected chi connectivity index (χ1v) is 12.3. The number of aliphatic hydroxyl groups excluding tert-OH is 1. The quantitative estimate of drug-likeness (QED) is 0.748. The summed E-state index contributed by atoms with van der Waals surface area (Å²) in [5.74, 6) is -0.114. The second kappa shape index (κ2) is 10.5. The van der Waals surface area contributed by atoms with Crippen LogP contribution in [-0.2, 0) is 33.8 Å². The van der Waals surface area contributed by atoms with Gasteiger partial charge in [-0.25, -0.2) is 4.39 Å². The van der Waals surface area contributed by atoms with E-state index in [-0.39, 0.29) is 36.6 Å². The molecule has 0 aromatic heterocycles. The van der Waals surface area contributed by atoms with E-state index in [0.29, 0.717) is 32.7 Å². The third-order valence-electron chi connectivity index (χ3n) is 7.27.